The van der Waals surface area contributed by atoms with E-state index in [1.54, 1.807) is 0 Å². The third-order valence-electron chi connectivity index (χ3n) is 4.70. The minimum Gasteiger partial charge on any atom is -0.356 e. The molecule has 0 radical (unpaired) electrons. The Kier molecular flexibility index (Phi) is 4.32. The Balaban J connectivity index is 1.28. The normalized spacial score (nSPS) is 16.9. The van der Waals surface area contributed by atoms with Gasteiger partial charge in [-0.15, -0.1) is 0 Å². The standard InChI is InChI=1S/C18H23N5O/c1-15-12-19-23(13-15)11-10-21-6-8-22(9-7-21)14-17-16-4-2-3-5-18(16)24-20-17/h2-5,12-13H,6-11,14H2,1H3. The Labute approximate surface area is 141 Å². The Morgan fingerprint density at radius 2 is 1.83 bits per heavy atom. The highest BCUT2D eigenvalue weighted by Gasteiger charge is 2.19. The van der Waals surface area contributed by atoms with E-state index in [1.807, 2.05) is 29.1 Å². The van der Waals surface area contributed by atoms with E-state index in [-0.39, 0.29) is 0 Å². The van der Waals surface area contributed by atoms with Crippen molar-refractivity contribution in [2.24, 2.45) is 0 Å². The summed E-state index contributed by atoms with van der Waals surface area (Å²) < 4.78 is 7.44. The Morgan fingerprint density at radius 1 is 1.04 bits per heavy atom. The van der Waals surface area contributed by atoms with Crippen molar-refractivity contribution < 1.29 is 4.52 Å². The molecule has 0 amide bonds. The van der Waals surface area contributed by atoms with E-state index in [4.69, 9.17) is 4.52 Å². The molecule has 2 aromatic heterocycles. The summed E-state index contributed by atoms with van der Waals surface area (Å²) in [4.78, 5) is 4.97. The van der Waals surface area contributed by atoms with E-state index in [0.29, 0.717) is 0 Å². The van der Waals surface area contributed by atoms with Crippen molar-refractivity contribution in [1.82, 2.24) is 24.7 Å². The van der Waals surface area contributed by atoms with E-state index < -0.39 is 0 Å². The predicted octanol–water partition coefficient (Wildman–Crippen LogP) is 2.15. The molecule has 0 saturated carbocycles. The molecule has 1 aliphatic rings. The molecular formula is C18H23N5O. The van der Waals surface area contributed by atoms with Crippen LogP contribution >= 0.6 is 0 Å². The van der Waals surface area contributed by atoms with Gasteiger partial charge in [-0.25, -0.2) is 0 Å². The monoisotopic (exact) mass is 325 g/mol. The molecule has 3 heterocycles. The highest BCUT2D eigenvalue weighted by Crippen LogP contribution is 2.19. The smallest absolute Gasteiger partial charge is 0.167 e. The summed E-state index contributed by atoms with van der Waals surface area (Å²) in [5, 5.41) is 9.73. The second-order valence-corrected chi connectivity index (χ2v) is 6.52. The third-order valence-corrected chi connectivity index (χ3v) is 4.70. The van der Waals surface area contributed by atoms with Crippen LogP contribution in [0.2, 0.25) is 0 Å². The topological polar surface area (TPSA) is 50.3 Å². The van der Waals surface area contributed by atoms with Gasteiger partial charge < -0.3 is 4.52 Å². The predicted molar refractivity (Wildman–Crippen MR) is 92.7 cm³/mol. The molecule has 126 valence electrons. The Morgan fingerprint density at radius 3 is 2.62 bits per heavy atom. The Bertz CT molecular complexity index is 800. The molecule has 1 aliphatic heterocycles. The van der Waals surface area contributed by atoms with Gasteiger partial charge >= 0.3 is 0 Å². The largest absolute Gasteiger partial charge is 0.356 e. The van der Waals surface area contributed by atoms with Gasteiger partial charge in [-0.05, 0) is 24.6 Å². The minimum absolute atomic E-state index is 0.864. The second kappa shape index (κ2) is 6.75. The van der Waals surface area contributed by atoms with Crippen molar-refractivity contribution >= 4 is 11.0 Å². The maximum absolute atomic E-state index is 5.40. The maximum atomic E-state index is 5.40. The molecule has 1 saturated heterocycles. The first-order chi connectivity index (χ1) is 11.8. The van der Waals surface area contributed by atoms with Gasteiger partial charge in [0.1, 0.15) is 5.69 Å². The summed E-state index contributed by atoms with van der Waals surface area (Å²) in [6.45, 7) is 9.29. The first-order valence-electron chi connectivity index (χ1n) is 8.55. The molecular weight excluding hydrogens is 302 g/mol. The van der Waals surface area contributed by atoms with Gasteiger partial charge in [0.25, 0.3) is 0 Å². The summed E-state index contributed by atoms with van der Waals surface area (Å²) in [5.41, 5.74) is 3.14. The Hall–Kier alpha value is -2.18. The summed E-state index contributed by atoms with van der Waals surface area (Å²) in [5.74, 6) is 0. The number of para-hydroxylation sites is 1. The van der Waals surface area contributed by atoms with Crippen LogP contribution in [0.4, 0.5) is 0 Å². The molecule has 6 nitrogen and oxygen atoms in total. The number of benzene rings is 1. The molecule has 24 heavy (non-hydrogen) atoms. The molecule has 6 heteroatoms. The van der Waals surface area contributed by atoms with Gasteiger partial charge in [0.05, 0.1) is 12.7 Å². The summed E-state index contributed by atoms with van der Waals surface area (Å²) in [6.07, 6.45) is 4.02. The van der Waals surface area contributed by atoms with Crippen molar-refractivity contribution in [2.75, 3.05) is 32.7 Å². The average molecular weight is 325 g/mol. The van der Waals surface area contributed by atoms with Gasteiger partial charge in [0.2, 0.25) is 0 Å². The summed E-state index contributed by atoms with van der Waals surface area (Å²) in [7, 11) is 0. The number of fused-ring (bicyclic) bond motifs is 1. The minimum atomic E-state index is 0.864. The fraction of sp³-hybridized carbons (Fsp3) is 0.444. The lowest BCUT2D eigenvalue weighted by molar-refractivity contribution is 0.121. The molecule has 0 atom stereocenters. The highest BCUT2D eigenvalue weighted by molar-refractivity contribution is 5.79. The summed E-state index contributed by atoms with van der Waals surface area (Å²) in [6, 6.07) is 8.08. The van der Waals surface area contributed by atoms with Gasteiger partial charge in [0, 0.05) is 50.9 Å². The van der Waals surface area contributed by atoms with E-state index in [0.717, 1.165) is 62.5 Å². The van der Waals surface area contributed by atoms with Crippen molar-refractivity contribution in [3.8, 4) is 0 Å². The molecule has 0 aliphatic carbocycles. The van der Waals surface area contributed by atoms with Crippen LogP contribution in [0.25, 0.3) is 11.0 Å². The molecule has 0 bridgehead atoms. The van der Waals surface area contributed by atoms with Crippen LogP contribution in [0.5, 0.6) is 0 Å². The van der Waals surface area contributed by atoms with Crippen LogP contribution < -0.4 is 0 Å². The van der Waals surface area contributed by atoms with Crippen LogP contribution in [0.1, 0.15) is 11.3 Å². The SMILES string of the molecule is Cc1cnn(CCN2CCN(Cc3noc4ccccc34)CC2)c1. The van der Waals surface area contributed by atoms with Crippen LogP contribution in [-0.2, 0) is 13.1 Å². The quantitative estimate of drug-likeness (QED) is 0.719. The molecule has 0 spiro atoms. The fourth-order valence-corrected chi connectivity index (χ4v) is 3.27. The van der Waals surface area contributed by atoms with Crippen molar-refractivity contribution in [1.29, 1.82) is 0 Å². The first kappa shape index (κ1) is 15.4. The molecule has 4 rings (SSSR count). The third kappa shape index (κ3) is 3.34. The van der Waals surface area contributed by atoms with E-state index in [9.17, 15) is 0 Å². The average Bonchev–Trinajstić information content (AvgIpc) is 3.21. The van der Waals surface area contributed by atoms with E-state index >= 15 is 0 Å². The number of aromatic nitrogens is 3. The maximum Gasteiger partial charge on any atom is 0.167 e. The van der Waals surface area contributed by atoms with Gasteiger partial charge in [-0.1, -0.05) is 17.3 Å². The van der Waals surface area contributed by atoms with E-state index in [1.165, 1.54) is 5.56 Å². The molecule has 1 aromatic carbocycles. The first-order valence-corrected chi connectivity index (χ1v) is 8.55. The molecule has 1 fully saturated rings. The number of aryl methyl sites for hydroxylation is 1. The summed E-state index contributed by atoms with van der Waals surface area (Å²) >= 11 is 0. The second-order valence-electron chi connectivity index (χ2n) is 6.52. The van der Waals surface area contributed by atoms with Crippen LogP contribution in [0.15, 0.2) is 41.2 Å². The lowest BCUT2D eigenvalue weighted by atomic mass is 10.2. The number of hydrogen-bond donors (Lipinski definition) is 0. The number of nitrogens with zero attached hydrogens (tertiary/aromatic N) is 5. The number of rotatable bonds is 5. The van der Waals surface area contributed by atoms with Crippen LogP contribution in [0.3, 0.4) is 0 Å². The number of piperazine rings is 1. The van der Waals surface area contributed by atoms with Crippen LogP contribution in [-0.4, -0.2) is 57.5 Å². The lowest BCUT2D eigenvalue weighted by Gasteiger charge is -2.34. The van der Waals surface area contributed by atoms with Crippen molar-refractivity contribution in [2.45, 2.75) is 20.0 Å². The zero-order valence-electron chi connectivity index (χ0n) is 14.1. The molecule has 3 aromatic rings. The fourth-order valence-electron chi connectivity index (χ4n) is 3.27. The zero-order valence-corrected chi connectivity index (χ0v) is 14.1. The lowest BCUT2D eigenvalue weighted by Crippen LogP contribution is -2.46. The molecule has 0 N–H and O–H groups in total. The van der Waals surface area contributed by atoms with Gasteiger partial charge in [0.15, 0.2) is 5.58 Å². The van der Waals surface area contributed by atoms with Crippen LogP contribution in [0, 0.1) is 6.92 Å². The van der Waals surface area contributed by atoms with Gasteiger partial charge in [-0.2, -0.15) is 5.10 Å². The van der Waals surface area contributed by atoms with Crippen molar-refractivity contribution in [3.63, 3.8) is 0 Å². The van der Waals surface area contributed by atoms with E-state index in [2.05, 4.69) is 39.2 Å². The van der Waals surface area contributed by atoms with Gasteiger partial charge in [-0.3, -0.25) is 14.5 Å². The zero-order chi connectivity index (χ0) is 16.4. The van der Waals surface area contributed by atoms with Crippen molar-refractivity contribution in [3.05, 3.63) is 47.9 Å². The number of hydrogen-bond acceptors (Lipinski definition) is 5. The highest BCUT2D eigenvalue weighted by atomic mass is 16.5. The molecule has 0 unspecified atom stereocenters.